The summed E-state index contributed by atoms with van der Waals surface area (Å²) in [4.78, 5) is 2.38. The molecule has 0 aromatic heterocycles. The van der Waals surface area contributed by atoms with E-state index in [0.29, 0.717) is 24.7 Å². The average Bonchev–Trinajstić information content (AvgIpc) is 3.58. The van der Waals surface area contributed by atoms with E-state index in [1.165, 1.54) is 0 Å². The number of benzene rings is 3. The maximum atomic E-state index is 12.7. The van der Waals surface area contributed by atoms with Crippen molar-refractivity contribution in [2.75, 3.05) is 19.5 Å². The second kappa shape index (κ2) is 10.8. The molecule has 2 unspecified atom stereocenters. The van der Waals surface area contributed by atoms with Gasteiger partial charge in [-0.05, 0) is 73.5 Å². The predicted octanol–water partition coefficient (Wildman–Crippen LogP) is 5.97. The first-order valence-corrected chi connectivity index (χ1v) is 15.5. The summed E-state index contributed by atoms with van der Waals surface area (Å²) in [6.45, 7) is 1.40. The van der Waals surface area contributed by atoms with Crippen LogP contribution in [0, 0.1) is 0 Å². The normalized spacial score (nSPS) is 22.6. The summed E-state index contributed by atoms with van der Waals surface area (Å²) < 4.78 is 53.1. The van der Waals surface area contributed by atoms with Gasteiger partial charge >= 0.3 is 10.1 Å². The Morgan fingerprint density at radius 2 is 1.14 bits per heavy atom. The van der Waals surface area contributed by atoms with Gasteiger partial charge in [-0.25, -0.2) is 0 Å². The van der Waals surface area contributed by atoms with Crippen molar-refractivity contribution in [1.29, 1.82) is 0 Å². The molecule has 2 aliphatic heterocycles. The van der Waals surface area contributed by atoms with Crippen LogP contribution in [0.4, 0.5) is 0 Å². The number of hydrogen-bond acceptors (Lipinski definition) is 6. The van der Waals surface area contributed by atoms with Gasteiger partial charge in [0.05, 0.1) is 38.2 Å². The fourth-order valence-corrected chi connectivity index (χ4v) is 9.46. The first-order valence-electron chi connectivity index (χ1n) is 12.0. The van der Waals surface area contributed by atoms with Crippen LogP contribution in [0.15, 0.2) is 93.5 Å². The number of ether oxygens (including phenoxy) is 4. The van der Waals surface area contributed by atoms with E-state index < -0.39 is 20.4 Å². The van der Waals surface area contributed by atoms with Crippen LogP contribution in [-0.2, 0) is 19.6 Å². The molecule has 3 aromatic rings. The van der Waals surface area contributed by atoms with E-state index in [-0.39, 0.29) is 12.6 Å². The predicted molar refractivity (Wildman–Crippen MR) is 138 cm³/mol. The van der Waals surface area contributed by atoms with Gasteiger partial charge in [-0.1, -0.05) is 18.2 Å². The lowest BCUT2D eigenvalue weighted by Crippen LogP contribution is -2.18. The molecule has 2 aliphatic rings. The van der Waals surface area contributed by atoms with Crippen LogP contribution in [0.2, 0.25) is 0 Å². The zero-order chi connectivity index (χ0) is 25.0. The van der Waals surface area contributed by atoms with Gasteiger partial charge in [-0.3, -0.25) is 3.63 Å². The molecule has 2 heterocycles. The summed E-state index contributed by atoms with van der Waals surface area (Å²) >= 11 is 0. The molecule has 0 radical (unpaired) electrons. The van der Waals surface area contributed by atoms with Gasteiger partial charge in [0.1, 0.15) is 17.8 Å². The van der Waals surface area contributed by atoms with E-state index >= 15 is 0 Å². The highest BCUT2D eigenvalue weighted by Crippen LogP contribution is 2.68. The van der Waals surface area contributed by atoms with Crippen molar-refractivity contribution in [2.24, 2.45) is 0 Å². The van der Waals surface area contributed by atoms with E-state index in [1.54, 1.807) is 0 Å². The van der Waals surface area contributed by atoms with Crippen LogP contribution < -0.4 is 9.47 Å². The Hall–Kier alpha value is -2.56. The Kier molecular flexibility index (Phi) is 7.55. The Morgan fingerprint density at radius 3 is 1.53 bits per heavy atom. The van der Waals surface area contributed by atoms with Gasteiger partial charge in [0.25, 0.3) is 0 Å². The minimum atomic E-state index is -3.72. The first kappa shape index (κ1) is 25.1. The number of rotatable bonds is 9. The molecule has 0 bridgehead atoms. The highest BCUT2D eigenvalue weighted by atomic mass is 32.3. The van der Waals surface area contributed by atoms with E-state index in [1.807, 2.05) is 78.9 Å². The summed E-state index contributed by atoms with van der Waals surface area (Å²) in [5.74, 6) is 1.35. The van der Waals surface area contributed by atoms with Crippen molar-refractivity contribution in [2.45, 2.75) is 52.9 Å². The van der Waals surface area contributed by atoms with Crippen LogP contribution in [0.25, 0.3) is 0 Å². The molecule has 0 saturated carbocycles. The van der Waals surface area contributed by atoms with Crippen LogP contribution in [0.3, 0.4) is 0 Å². The molecular weight excluding hydrogens is 500 g/mol. The molecule has 2 fully saturated rings. The van der Waals surface area contributed by atoms with Gasteiger partial charge in [-0.15, -0.1) is 0 Å². The molecule has 1 N–H and O–H groups in total. The fraction of sp³-hybridized carbons (Fsp3) is 0.333. The van der Waals surface area contributed by atoms with Gasteiger partial charge in [0, 0.05) is 12.8 Å². The Bertz CT molecular complexity index is 1170. The zero-order valence-electron chi connectivity index (χ0n) is 20.1. The monoisotopic (exact) mass is 531 g/mol. The zero-order valence-corrected chi connectivity index (χ0v) is 21.7. The van der Waals surface area contributed by atoms with Crippen molar-refractivity contribution in [3.63, 3.8) is 0 Å². The Labute approximate surface area is 213 Å². The first-order chi connectivity index (χ1) is 17.4. The van der Waals surface area contributed by atoms with Gasteiger partial charge in [0.15, 0.2) is 12.6 Å². The molecule has 5 rings (SSSR count). The molecule has 7 nitrogen and oxygen atoms in total. The largest absolute Gasteiger partial charge is 0.465 e. The van der Waals surface area contributed by atoms with Crippen molar-refractivity contribution in [3.05, 3.63) is 78.9 Å². The smallest absolute Gasteiger partial charge is 0.387 e. The average molecular weight is 532 g/mol. The molecule has 0 spiro atoms. The lowest BCUT2D eigenvalue weighted by Gasteiger charge is -2.34. The summed E-state index contributed by atoms with van der Waals surface area (Å²) in [5.41, 5.74) is 0. The standard InChI is InChI=1S/C27H30O7S2/c1-35(28,29)34-36(23-7-3-2-4-8-23,24-15-11-21(12-16-24)32-26-9-5-19-30-26)25-17-13-22(14-18-25)33-27-10-6-20-31-27/h2-4,7-8,11-18,26-27H,5-6,9-10,19-20H2,1H3/p+1. The van der Waals surface area contributed by atoms with Crippen LogP contribution >= 0.6 is 10.3 Å². The molecule has 0 amide bonds. The maximum absolute atomic E-state index is 12.7. The fourth-order valence-electron chi connectivity index (χ4n) is 4.37. The minimum absolute atomic E-state index is 0.251. The lowest BCUT2D eigenvalue weighted by molar-refractivity contribution is -0.0393. The minimum Gasteiger partial charge on any atom is -0.465 e. The Balaban J connectivity index is 1.56. The summed E-state index contributed by atoms with van der Waals surface area (Å²) in [6.07, 6.45) is 4.29. The molecule has 2 atom stereocenters. The molecular formula is C27H31O7S2+. The third-order valence-electron chi connectivity index (χ3n) is 5.97. The third-order valence-corrected chi connectivity index (χ3v) is 10.8. The van der Waals surface area contributed by atoms with Crippen LogP contribution in [-0.4, -0.2) is 44.1 Å². The van der Waals surface area contributed by atoms with Crippen molar-refractivity contribution in [1.82, 2.24) is 0 Å². The molecule has 2 saturated heterocycles. The maximum Gasteiger partial charge on any atom is 0.387 e. The molecule has 36 heavy (non-hydrogen) atoms. The van der Waals surface area contributed by atoms with Gasteiger partial charge < -0.3 is 18.9 Å². The Morgan fingerprint density at radius 1 is 0.694 bits per heavy atom. The second-order valence-corrected chi connectivity index (χ2v) is 13.4. The van der Waals surface area contributed by atoms with Gasteiger partial charge in [0.2, 0.25) is 0 Å². The quantitative estimate of drug-likeness (QED) is 0.250. The molecule has 9 heteroatoms. The summed E-state index contributed by atoms with van der Waals surface area (Å²) in [5, 5.41) is 0. The molecule has 0 aliphatic carbocycles. The SMILES string of the molecule is CS(=O)(=O)[OH+]S(c1ccccc1)(c1ccc(OC2CCCO2)cc1)c1ccc(OC2CCCO2)cc1. The van der Waals surface area contributed by atoms with E-state index in [2.05, 4.69) is 3.63 Å². The number of hydrogen-bond donors (Lipinski definition) is 0. The van der Waals surface area contributed by atoms with Crippen LogP contribution in [0.5, 0.6) is 11.5 Å². The van der Waals surface area contributed by atoms with Crippen molar-refractivity contribution in [3.8, 4) is 11.5 Å². The molecule has 192 valence electrons. The van der Waals surface area contributed by atoms with E-state index in [4.69, 9.17) is 18.9 Å². The lowest BCUT2D eigenvalue weighted by atomic mass is 10.3. The second-order valence-electron chi connectivity index (χ2n) is 8.76. The summed E-state index contributed by atoms with van der Waals surface area (Å²) in [7, 11) is -6.24. The van der Waals surface area contributed by atoms with Gasteiger partial charge in [-0.2, -0.15) is 8.42 Å². The van der Waals surface area contributed by atoms with Crippen molar-refractivity contribution < 1.29 is 31.0 Å². The highest BCUT2D eigenvalue weighted by molar-refractivity contribution is 8.32. The highest BCUT2D eigenvalue weighted by Gasteiger charge is 2.41. The van der Waals surface area contributed by atoms with E-state index in [0.717, 1.165) is 46.6 Å². The molecule has 3 aromatic carbocycles. The topological polar surface area (TPSA) is 83.9 Å². The van der Waals surface area contributed by atoms with Crippen LogP contribution in [0.1, 0.15) is 25.7 Å². The van der Waals surface area contributed by atoms with Crippen molar-refractivity contribution >= 4 is 20.4 Å². The third kappa shape index (κ3) is 5.71. The van der Waals surface area contributed by atoms with E-state index in [9.17, 15) is 8.42 Å². The summed E-state index contributed by atoms with van der Waals surface area (Å²) in [6, 6.07) is 24.6.